The number of carbonyl (C=O) groups is 1. The highest BCUT2D eigenvalue weighted by Crippen LogP contribution is 2.29. The zero-order valence-corrected chi connectivity index (χ0v) is 13.3. The van der Waals surface area contributed by atoms with Gasteiger partial charge in [0.2, 0.25) is 0 Å². The van der Waals surface area contributed by atoms with Crippen LogP contribution in [-0.2, 0) is 11.2 Å². The number of methoxy groups -OCH3 is 1. The number of rotatable bonds is 6. The lowest BCUT2D eigenvalue weighted by Crippen LogP contribution is -2.21. The van der Waals surface area contributed by atoms with Gasteiger partial charge in [-0.15, -0.1) is 12.4 Å². The maximum absolute atomic E-state index is 11.6. The largest absolute Gasteiger partial charge is 0.493 e. The van der Waals surface area contributed by atoms with E-state index in [1.54, 1.807) is 27.0 Å². The van der Waals surface area contributed by atoms with Gasteiger partial charge in [-0.3, -0.25) is 4.79 Å². The second-order valence-corrected chi connectivity index (χ2v) is 4.93. The van der Waals surface area contributed by atoms with Gasteiger partial charge in [0, 0.05) is 6.04 Å². The number of halogens is 1. The molecule has 4 nitrogen and oxygen atoms in total. The second kappa shape index (κ2) is 8.82. The van der Waals surface area contributed by atoms with Crippen molar-refractivity contribution in [2.75, 3.05) is 7.11 Å². The predicted octanol–water partition coefficient (Wildman–Crippen LogP) is 2.96. The number of esters is 1. The molecule has 0 bridgehead atoms. The van der Waals surface area contributed by atoms with Gasteiger partial charge >= 0.3 is 5.97 Å². The third-order valence-corrected chi connectivity index (χ3v) is 2.93. The first-order valence-corrected chi connectivity index (χ1v) is 6.62. The summed E-state index contributed by atoms with van der Waals surface area (Å²) < 4.78 is 10.6. The monoisotopic (exact) mass is 301 g/mol. The molecule has 0 aliphatic rings. The molecule has 1 aromatic carbocycles. The molecular weight excluding hydrogens is 278 g/mol. The Morgan fingerprint density at radius 3 is 2.45 bits per heavy atom. The van der Waals surface area contributed by atoms with Crippen molar-refractivity contribution >= 4 is 18.4 Å². The van der Waals surface area contributed by atoms with Crippen molar-refractivity contribution in [2.45, 2.75) is 39.7 Å². The van der Waals surface area contributed by atoms with Gasteiger partial charge < -0.3 is 15.2 Å². The maximum Gasteiger partial charge on any atom is 0.313 e. The van der Waals surface area contributed by atoms with Crippen LogP contribution in [0.25, 0.3) is 0 Å². The van der Waals surface area contributed by atoms with E-state index >= 15 is 0 Å². The number of hydrogen-bond donors (Lipinski definition) is 1. The summed E-state index contributed by atoms with van der Waals surface area (Å²) in [5.41, 5.74) is 7.01. The minimum Gasteiger partial charge on any atom is -0.493 e. The van der Waals surface area contributed by atoms with Crippen molar-refractivity contribution in [1.29, 1.82) is 0 Å². The van der Waals surface area contributed by atoms with Crippen molar-refractivity contribution in [3.63, 3.8) is 0 Å². The Hall–Kier alpha value is -1.26. The Bertz CT molecular complexity index is 435. The highest BCUT2D eigenvalue weighted by molar-refractivity contribution is 5.85. The fraction of sp³-hybridized carbons (Fsp3) is 0.533. The summed E-state index contributed by atoms with van der Waals surface area (Å²) in [7, 11) is 1.56. The van der Waals surface area contributed by atoms with Gasteiger partial charge in [-0.2, -0.15) is 0 Å². The van der Waals surface area contributed by atoms with E-state index in [1.165, 1.54) is 0 Å². The summed E-state index contributed by atoms with van der Waals surface area (Å²) in [5.74, 6) is 0.582. The smallest absolute Gasteiger partial charge is 0.313 e. The topological polar surface area (TPSA) is 61.5 Å². The van der Waals surface area contributed by atoms with Gasteiger partial charge in [0.25, 0.3) is 0 Å². The fourth-order valence-corrected chi connectivity index (χ4v) is 1.60. The number of hydrogen-bond acceptors (Lipinski definition) is 4. The van der Waals surface area contributed by atoms with E-state index in [4.69, 9.17) is 15.2 Å². The lowest BCUT2D eigenvalue weighted by atomic mass is 10.0. The van der Waals surface area contributed by atoms with Gasteiger partial charge in [0.1, 0.15) is 0 Å². The molecular formula is C15H24ClNO3. The van der Waals surface area contributed by atoms with Crippen molar-refractivity contribution < 1.29 is 14.3 Å². The molecule has 2 N–H and O–H groups in total. The van der Waals surface area contributed by atoms with Crippen LogP contribution in [0.4, 0.5) is 0 Å². The summed E-state index contributed by atoms with van der Waals surface area (Å²) >= 11 is 0. The van der Waals surface area contributed by atoms with Crippen LogP contribution in [0.5, 0.6) is 11.5 Å². The highest BCUT2D eigenvalue weighted by atomic mass is 35.5. The van der Waals surface area contributed by atoms with Crippen LogP contribution in [0.2, 0.25) is 0 Å². The average molecular weight is 302 g/mol. The van der Waals surface area contributed by atoms with E-state index in [1.807, 2.05) is 12.1 Å². The van der Waals surface area contributed by atoms with Gasteiger partial charge in [-0.05, 0) is 30.5 Å². The van der Waals surface area contributed by atoms with Crippen LogP contribution in [-0.4, -0.2) is 19.1 Å². The average Bonchev–Trinajstić information content (AvgIpc) is 2.39. The van der Waals surface area contributed by atoms with Gasteiger partial charge in [0.05, 0.1) is 13.0 Å². The van der Waals surface area contributed by atoms with Gasteiger partial charge in [0.15, 0.2) is 11.5 Å². The van der Waals surface area contributed by atoms with Crippen LogP contribution in [0.15, 0.2) is 18.2 Å². The van der Waals surface area contributed by atoms with Crippen LogP contribution in [0, 0.1) is 5.92 Å². The van der Waals surface area contributed by atoms with Crippen LogP contribution < -0.4 is 15.2 Å². The van der Waals surface area contributed by atoms with Crippen molar-refractivity contribution in [1.82, 2.24) is 0 Å². The summed E-state index contributed by atoms with van der Waals surface area (Å²) in [6.45, 7) is 5.65. The van der Waals surface area contributed by atoms with E-state index in [2.05, 4.69) is 6.92 Å². The lowest BCUT2D eigenvalue weighted by Gasteiger charge is -2.13. The van der Waals surface area contributed by atoms with Crippen LogP contribution in [0.1, 0.15) is 32.8 Å². The summed E-state index contributed by atoms with van der Waals surface area (Å²) in [6, 6.07) is 5.68. The van der Waals surface area contributed by atoms with E-state index in [0.29, 0.717) is 11.5 Å². The van der Waals surface area contributed by atoms with E-state index in [-0.39, 0.29) is 30.3 Å². The molecule has 1 aromatic rings. The minimum absolute atomic E-state index is 0. The molecule has 0 fully saturated rings. The number of carbonyl (C=O) groups excluding carboxylic acids is 1. The van der Waals surface area contributed by atoms with Gasteiger partial charge in [-0.25, -0.2) is 0 Å². The molecule has 0 heterocycles. The van der Waals surface area contributed by atoms with Crippen molar-refractivity contribution in [3.8, 4) is 11.5 Å². The Balaban J connectivity index is 0.00000361. The Labute approximate surface area is 127 Å². The van der Waals surface area contributed by atoms with E-state index in [9.17, 15) is 4.79 Å². The molecule has 0 radical (unpaired) electrons. The zero-order chi connectivity index (χ0) is 14.4. The first-order chi connectivity index (χ1) is 8.97. The van der Waals surface area contributed by atoms with E-state index in [0.717, 1.165) is 18.4 Å². The molecule has 0 aliphatic heterocycles. The van der Waals surface area contributed by atoms with E-state index < -0.39 is 0 Å². The molecule has 0 amide bonds. The predicted molar refractivity (Wildman–Crippen MR) is 82.7 cm³/mol. The first-order valence-electron chi connectivity index (χ1n) is 6.62. The lowest BCUT2D eigenvalue weighted by molar-refractivity contribution is -0.137. The molecule has 0 aliphatic carbocycles. The Kier molecular flexibility index (Phi) is 8.26. The summed E-state index contributed by atoms with van der Waals surface area (Å²) in [4.78, 5) is 11.6. The van der Waals surface area contributed by atoms with Crippen molar-refractivity contribution in [3.05, 3.63) is 23.8 Å². The molecule has 1 unspecified atom stereocenters. The van der Waals surface area contributed by atoms with Gasteiger partial charge in [-0.1, -0.05) is 26.8 Å². The molecule has 1 atom stereocenters. The quantitative estimate of drug-likeness (QED) is 0.648. The number of nitrogens with two attached hydrogens (primary N) is 1. The third-order valence-electron chi connectivity index (χ3n) is 2.93. The third kappa shape index (κ3) is 5.39. The minimum atomic E-state index is -0.267. The first kappa shape index (κ1) is 18.7. The summed E-state index contributed by atoms with van der Waals surface area (Å²) in [6.07, 6.45) is 1.71. The molecule has 0 aromatic heterocycles. The molecule has 0 spiro atoms. The Morgan fingerprint density at radius 2 is 1.95 bits per heavy atom. The second-order valence-electron chi connectivity index (χ2n) is 4.93. The molecule has 114 valence electrons. The highest BCUT2D eigenvalue weighted by Gasteiger charge is 2.14. The molecule has 0 saturated heterocycles. The van der Waals surface area contributed by atoms with Crippen molar-refractivity contribution in [2.24, 2.45) is 11.7 Å². The fourth-order valence-electron chi connectivity index (χ4n) is 1.60. The Morgan fingerprint density at radius 1 is 1.30 bits per heavy atom. The summed E-state index contributed by atoms with van der Waals surface area (Å²) in [5, 5.41) is 0. The normalized spacial score (nSPS) is 11.7. The molecule has 0 saturated carbocycles. The maximum atomic E-state index is 11.6. The number of benzene rings is 1. The molecule has 5 heteroatoms. The molecule has 1 rings (SSSR count). The number of ether oxygens (including phenoxy) is 2. The zero-order valence-electron chi connectivity index (χ0n) is 12.5. The standard InChI is InChI=1S/C15H23NO3.ClH/c1-5-12(16)8-11-6-7-13(14(9-11)18-4)19-15(17)10(2)3;/h6-7,9-10,12H,5,8,16H2,1-4H3;1H. The SMILES string of the molecule is CCC(N)Cc1ccc(OC(=O)C(C)C)c(OC)c1.Cl. The molecule has 20 heavy (non-hydrogen) atoms. The van der Waals surface area contributed by atoms with Crippen LogP contribution in [0.3, 0.4) is 0 Å². The van der Waals surface area contributed by atoms with Crippen LogP contribution >= 0.6 is 12.4 Å².